The maximum Gasteiger partial charge on any atom is 0.253 e. The number of aromatic amines is 1. The van der Waals surface area contributed by atoms with E-state index in [1.54, 1.807) is 18.2 Å². The monoisotopic (exact) mass is 366 g/mol. The molecular formula is C21H22N2O4. The van der Waals surface area contributed by atoms with Gasteiger partial charge in [-0.3, -0.25) is 9.59 Å². The maximum absolute atomic E-state index is 12.5. The zero-order valence-corrected chi connectivity index (χ0v) is 15.8. The van der Waals surface area contributed by atoms with E-state index < -0.39 is 0 Å². The molecule has 0 radical (unpaired) electrons. The summed E-state index contributed by atoms with van der Waals surface area (Å²) in [6.07, 6.45) is 0. The first kappa shape index (κ1) is 18.5. The van der Waals surface area contributed by atoms with Crippen molar-refractivity contribution in [3.63, 3.8) is 0 Å². The molecule has 0 unspecified atom stereocenters. The zero-order valence-electron chi connectivity index (χ0n) is 15.8. The molecule has 2 N–H and O–H groups in total. The van der Waals surface area contributed by atoms with Gasteiger partial charge in [-0.2, -0.15) is 0 Å². The molecule has 0 aliphatic rings. The fourth-order valence-corrected chi connectivity index (χ4v) is 3.06. The molecule has 0 aliphatic heterocycles. The SMILES string of the molecule is COc1cc(OC)cc(C(=O)NCc2cc3c(C)cc(C)cc3[nH]c2=O)c1. The number of ether oxygens (including phenoxy) is 2. The van der Waals surface area contributed by atoms with Crippen LogP contribution in [0.5, 0.6) is 11.5 Å². The molecular weight excluding hydrogens is 344 g/mol. The quantitative estimate of drug-likeness (QED) is 0.727. The van der Waals surface area contributed by atoms with E-state index in [-0.39, 0.29) is 18.0 Å². The highest BCUT2D eigenvalue weighted by Crippen LogP contribution is 2.22. The largest absolute Gasteiger partial charge is 0.497 e. The lowest BCUT2D eigenvalue weighted by Crippen LogP contribution is -2.26. The first-order valence-corrected chi connectivity index (χ1v) is 8.55. The number of methoxy groups -OCH3 is 2. The standard InChI is InChI=1S/C21H22N2O4/c1-12-5-13(2)18-9-15(21(25)23-19(18)6-12)11-22-20(24)14-7-16(26-3)10-17(8-14)27-4/h5-10H,11H2,1-4H3,(H,22,24)(H,23,25). The first-order chi connectivity index (χ1) is 12.9. The summed E-state index contributed by atoms with van der Waals surface area (Å²) in [5, 5.41) is 3.75. The third-order valence-electron chi connectivity index (χ3n) is 4.44. The molecule has 0 fully saturated rings. The molecule has 0 bridgehead atoms. The lowest BCUT2D eigenvalue weighted by Gasteiger charge is -2.10. The topological polar surface area (TPSA) is 80.4 Å². The van der Waals surface area contributed by atoms with Crippen LogP contribution in [0.3, 0.4) is 0 Å². The molecule has 0 aliphatic carbocycles. The van der Waals surface area contributed by atoms with Crippen LogP contribution in [0, 0.1) is 13.8 Å². The van der Waals surface area contributed by atoms with Crippen LogP contribution in [0.2, 0.25) is 0 Å². The van der Waals surface area contributed by atoms with Crippen LogP contribution in [-0.2, 0) is 6.54 Å². The van der Waals surface area contributed by atoms with Crippen molar-refractivity contribution in [3.8, 4) is 11.5 Å². The summed E-state index contributed by atoms with van der Waals surface area (Å²) in [6, 6.07) is 10.8. The summed E-state index contributed by atoms with van der Waals surface area (Å²) in [7, 11) is 3.05. The second-order valence-electron chi connectivity index (χ2n) is 6.45. The number of hydrogen-bond acceptors (Lipinski definition) is 4. The number of H-pyrrole nitrogens is 1. The average molecular weight is 366 g/mol. The highest BCUT2D eigenvalue weighted by atomic mass is 16.5. The number of carbonyl (C=O) groups excluding carboxylic acids is 1. The summed E-state index contributed by atoms with van der Waals surface area (Å²) in [5.41, 5.74) is 3.64. The van der Waals surface area contributed by atoms with Gasteiger partial charge >= 0.3 is 0 Å². The number of benzene rings is 2. The van der Waals surface area contributed by atoms with Crippen molar-refractivity contribution < 1.29 is 14.3 Å². The Balaban J connectivity index is 1.85. The van der Waals surface area contributed by atoms with E-state index in [1.807, 2.05) is 26.0 Å². The Morgan fingerprint density at radius 1 is 1.00 bits per heavy atom. The van der Waals surface area contributed by atoms with Crippen molar-refractivity contribution in [1.29, 1.82) is 0 Å². The molecule has 3 rings (SSSR count). The smallest absolute Gasteiger partial charge is 0.253 e. The predicted octanol–water partition coefficient (Wildman–Crippen LogP) is 3.09. The molecule has 0 spiro atoms. The molecule has 2 aromatic carbocycles. The molecule has 1 aromatic heterocycles. The van der Waals surface area contributed by atoms with Crippen LogP contribution in [0.1, 0.15) is 27.0 Å². The Labute approximate surface area is 157 Å². The van der Waals surface area contributed by atoms with E-state index in [0.717, 1.165) is 22.0 Å². The third-order valence-corrected chi connectivity index (χ3v) is 4.44. The highest BCUT2D eigenvalue weighted by molar-refractivity contribution is 5.95. The van der Waals surface area contributed by atoms with Gasteiger partial charge in [0.2, 0.25) is 0 Å². The fourth-order valence-electron chi connectivity index (χ4n) is 3.06. The summed E-state index contributed by atoms with van der Waals surface area (Å²) < 4.78 is 10.4. The number of aromatic nitrogens is 1. The Morgan fingerprint density at radius 2 is 1.67 bits per heavy atom. The van der Waals surface area contributed by atoms with E-state index >= 15 is 0 Å². The number of nitrogens with one attached hydrogen (secondary N) is 2. The summed E-state index contributed by atoms with van der Waals surface area (Å²) in [4.78, 5) is 27.8. The Bertz CT molecular complexity index is 1050. The molecule has 0 atom stereocenters. The van der Waals surface area contributed by atoms with Gasteiger partial charge in [-0.1, -0.05) is 6.07 Å². The van der Waals surface area contributed by atoms with Gasteiger partial charge in [-0.15, -0.1) is 0 Å². The van der Waals surface area contributed by atoms with Gasteiger partial charge in [0.25, 0.3) is 11.5 Å². The number of hydrogen-bond donors (Lipinski definition) is 2. The van der Waals surface area contributed by atoms with Gasteiger partial charge in [0.05, 0.1) is 14.2 Å². The number of amides is 1. The van der Waals surface area contributed by atoms with Gasteiger partial charge in [-0.25, -0.2) is 0 Å². The number of pyridine rings is 1. The van der Waals surface area contributed by atoms with Gasteiger partial charge in [0.1, 0.15) is 11.5 Å². The van der Waals surface area contributed by atoms with E-state index in [2.05, 4.69) is 16.4 Å². The third kappa shape index (κ3) is 3.95. The predicted molar refractivity (Wildman–Crippen MR) is 105 cm³/mol. The van der Waals surface area contributed by atoms with Crippen LogP contribution >= 0.6 is 0 Å². The average Bonchev–Trinajstić information content (AvgIpc) is 2.65. The minimum Gasteiger partial charge on any atom is -0.497 e. The zero-order chi connectivity index (χ0) is 19.6. The van der Waals surface area contributed by atoms with Crippen molar-refractivity contribution >= 4 is 16.8 Å². The van der Waals surface area contributed by atoms with Crippen LogP contribution in [-0.4, -0.2) is 25.1 Å². The molecule has 3 aromatic rings. The number of rotatable bonds is 5. The molecule has 0 saturated carbocycles. The molecule has 6 nitrogen and oxygen atoms in total. The van der Waals surface area contributed by atoms with Crippen LogP contribution in [0.25, 0.3) is 10.9 Å². The second-order valence-corrected chi connectivity index (χ2v) is 6.45. The van der Waals surface area contributed by atoms with E-state index in [4.69, 9.17) is 9.47 Å². The maximum atomic E-state index is 12.5. The minimum atomic E-state index is -0.313. The number of fused-ring (bicyclic) bond motifs is 1. The summed E-state index contributed by atoms with van der Waals surface area (Å²) >= 11 is 0. The molecule has 0 saturated heterocycles. The normalized spacial score (nSPS) is 10.7. The van der Waals surface area contributed by atoms with Crippen LogP contribution in [0.15, 0.2) is 41.2 Å². The van der Waals surface area contributed by atoms with Crippen molar-refractivity contribution in [2.75, 3.05) is 14.2 Å². The van der Waals surface area contributed by atoms with Crippen molar-refractivity contribution in [2.45, 2.75) is 20.4 Å². The van der Waals surface area contributed by atoms with Gasteiger partial charge in [-0.05, 0) is 49.2 Å². The fraction of sp³-hybridized carbons (Fsp3) is 0.238. The molecule has 27 heavy (non-hydrogen) atoms. The van der Waals surface area contributed by atoms with Crippen molar-refractivity contribution in [2.24, 2.45) is 0 Å². The van der Waals surface area contributed by atoms with Crippen molar-refractivity contribution in [3.05, 3.63) is 69.0 Å². The number of carbonyl (C=O) groups is 1. The molecule has 6 heteroatoms. The molecule has 1 heterocycles. The lowest BCUT2D eigenvalue weighted by atomic mass is 10.0. The highest BCUT2D eigenvalue weighted by Gasteiger charge is 2.12. The van der Waals surface area contributed by atoms with E-state index in [9.17, 15) is 9.59 Å². The Morgan fingerprint density at radius 3 is 2.30 bits per heavy atom. The van der Waals surface area contributed by atoms with Gasteiger partial charge in [0.15, 0.2) is 0 Å². The first-order valence-electron chi connectivity index (χ1n) is 8.55. The lowest BCUT2D eigenvalue weighted by molar-refractivity contribution is 0.0950. The van der Waals surface area contributed by atoms with Gasteiger partial charge in [0, 0.05) is 34.6 Å². The minimum absolute atomic E-state index is 0.122. The van der Waals surface area contributed by atoms with Gasteiger partial charge < -0.3 is 19.8 Å². The molecule has 140 valence electrons. The summed E-state index contributed by atoms with van der Waals surface area (Å²) in [5.74, 6) is 0.732. The Hall–Kier alpha value is -3.28. The van der Waals surface area contributed by atoms with Crippen molar-refractivity contribution in [1.82, 2.24) is 10.3 Å². The number of aryl methyl sites for hydroxylation is 2. The van der Waals surface area contributed by atoms with E-state index in [0.29, 0.717) is 22.6 Å². The van der Waals surface area contributed by atoms with Crippen LogP contribution in [0.4, 0.5) is 0 Å². The molecule has 1 amide bonds. The van der Waals surface area contributed by atoms with Crippen LogP contribution < -0.4 is 20.3 Å². The Kier molecular flexibility index (Phi) is 5.16. The second kappa shape index (κ2) is 7.53. The summed E-state index contributed by atoms with van der Waals surface area (Å²) in [6.45, 7) is 4.11. The van der Waals surface area contributed by atoms with E-state index in [1.165, 1.54) is 14.2 Å².